The lowest BCUT2D eigenvalue weighted by atomic mass is 10.0. The molecule has 2 fully saturated rings. The number of hydrogen-bond donors (Lipinski definition) is 3. The van der Waals surface area contributed by atoms with Gasteiger partial charge in [0.1, 0.15) is 5.75 Å². The number of halogens is 1. The van der Waals surface area contributed by atoms with Crippen molar-refractivity contribution >= 4 is 35.8 Å². The number of amides is 1. The van der Waals surface area contributed by atoms with E-state index < -0.39 is 0 Å². The molecule has 3 N–H and O–H groups in total. The van der Waals surface area contributed by atoms with Gasteiger partial charge in [0.25, 0.3) is 5.91 Å². The first-order valence-electron chi connectivity index (χ1n) is 11.2. The second-order valence-corrected chi connectivity index (χ2v) is 8.24. The van der Waals surface area contributed by atoms with Crippen molar-refractivity contribution in [2.24, 2.45) is 10.9 Å². The van der Waals surface area contributed by atoms with Crippen molar-refractivity contribution in [3.63, 3.8) is 0 Å². The molecule has 0 spiro atoms. The van der Waals surface area contributed by atoms with Crippen LogP contribution in [0.3, 0.4) is 0 Å². The van der Waals surface area contributed by atoms with Crippen molar-refractivity contribution in [2.75, 3.05) is 26.7 Å². The van der Waals surface area contributed by atoms with E-state index in [9.17, 15) is 4.79 Å². The second kappa shape index (κ2) is 13.7. The minimum absolute atomic E-state index is 0. The molecule has 168 valence electrons. The molecule has 0 saturated heterocycles. The van der Waals surface area contributed by atoms with Crippen molar-refractivity contribution < 1.29 is 9.53 Å². The van der Waals surface area contributed by atoms with Gasteiger partial charge in [0.2, 0.25) is 0 Å². The van der Waals surface area contributed by atoms with Gasteiger partial charge in [-0.15, -0.1) is 24.0 Å². The summed E-state index contributed by atoms with van der Waals surface area (Å²) in [4.78, 5) is 16.0. The third-order valence-electron chi connectivity index (χ3n) is 5.72. The Morgan fingerprint density at radius 1 is 1.07 bits per heavy atom. The van der Waals surface area contributed by atoms with Gasteiger partial charge in [-0.3, -0.25) is 9.79 Å². The Balaban J connectivity index is 0.00000320. The minimum atomic E-state index is -0.0390. The molecule has 0 aromatic heterocycles. The van der Waals surface area contributed by atoms with Crippen molar-refractivity contribution in [1.29, 1.82) is 0 Å². The van der Waals surface area contributed by atoms with Crippen LogP contribution in [0.4, 0.5) is 0 Å². The van der Waals surface area contributed by atoms with Gasteiger partial charge in [-0.25, -0.2) is 0 Å². The number of guanidine groups is 1. The van der Waals surface area contributed by atoms with Crippen LogP contribution in [0.1, 0.15) is 56.9 Å². The van der Waals surface area contributed by atoms with E-state index in [4.69, 9.17) is 4.74 Å². The summed E-state index contributed by atoms with van der Waals surface area (Å²) in [7, 11) is 1.82. The molecule has 0 bridgehead atoms. The number of nitrogens with zero attached hydrogens (tertiary/aromatic N) is 1. The Bertz CT molecular complexity index is 656. The van der Waals surface area contributed by atoms with Gasteiger partial charge < -0.3 is 20.7 Å². The summed E-state index contributed by atoms with van der Waals surface area (Å²) in [5.41, 5.74) is 1.23. The Morgan fingerprint density at radius 3 is 2.43 bits per heavy atom. The first-order valence-corrected chi connectivity index (χ1v) is 11.2. The summed E-state index contributed by atoms with van der Waals surface area (Å²) in [6.45, 7) is 1.89. The van der Waals surface area contributed by atoms with E-state index in [-0.39, 0.29) is 36.5 Å². The molecule has 2 saturated carbocycles. The maximum absolute atomic E-state index is 11.7. The lowest BCUT2D eigenvalue weighted by Crippen LogP contribution is -2.38. The van der Waals surface area contributed by atoms with Crippen LogP contribution in [-0.4, -0.2) is 44.7 Å². The molecular weight excluding hydrogens is 491 g/mol. The summed E-state index contributed by atoms with van der Waals surface area (Å²) < 4.78 is 5.55. The standard InChI is InChI=1S/C23H36N4O2.HI/c1-24-23(25-15-4-7-18-5-2-3-6-18)26-16-14-19-8-12-21(13-9-19)29-17-22(28)27-20-10-11-20;/h8-9,12-13,18,20H,2-7,10-11,14-17H2,1H3,(H,27,28)(H2,24,25,26);1H. The van der Waals surface area contributed by atoms with E-state index in [0.717, 1.165) is 50.0 Å². The van der Waals surface area contributed by atoms with Crippen LogP contribution >= 0.6 is 24.0 Å². The number of ether oxygens (including phenoxy) is 1. The maximum Gasteiger partial charge on any atom is 0.258 e. The van der Waals surface area contributed by atoms with Crippen molar-refractivity contribution in [1.82, 2.24) is 16.0 Å². The van der Waals surface area contributed by atoms with E-state index in [0.29, 0.717) is 6.04 Å². The Kier molecular flexibility index (Phi) is 11.3. The van der Waals surface area contributed by atoms with Gasteiger partial charge in [-0.1, -0.05) is 37.8 Å². The third-order valence-corrected chi connectivity index (χ3v) is 5.72. The smallest absolute Gasteiger partial charge is 0.258 e. The average Bonchev–Trinajstić information content (AvgIpc) is 3.39. The van der Waals surface area contributed by atoms with Crippen molar-refractivity contribution in [3.05, 3.63) is 29.8 Å². The van der Waals surface area contributed by atoms with Crippen LogP contribution in [-0.2, 0) is 11.2 Å². The molecule has 1 amide bonds. The summed E-state index contributed by atoms with van der Waals surface area (Å²) in [5, 5.41) is 9.72. The molecule has 30 heavy (non-hydrogen) atoms. The number of benzene rings is 1. The van der Waals surface area contributed by atoms with E-state index in [1.54, 1.807) is 0 Å². The molecule has 6 nitrogen and oxygen atoms in total. The van der Waals surface area contributed by atoms with E-state index in [1.165, 1.54) is 44.1 Å². The van der Waals surface area contributed by atoms with Crippen LogP contribution in [0.25, 0.3) is 0 Å². The molecule has 0 aliphatic heterocycles. The SMILES string of the molecule is CN=C(NCCCC1CCCC1)NCCc1ccc(OCC(=O)NC2CC2)cc1.I. The predicted molar refractivity (Wildman–Crippen MR) is 133 cm³/mol. The highest BCUT2D eigenvalue weighted by Gasteiger charge is 2.23. The minimum Gasteiger partial charge on any atom is -0.484 e. The van der Waals surface area contributed by atoms with Gasteiger partial charge in [-0.2, -0.15) is 0 Å². The maximum atomic E-state index is 11.7. The number of carbonyl (C=O) groups is 1. The van der Waals surface area contributed by atoms with Crippen molar-refractivity contribution in [3.8, 4) is 5.75 Å². The zero-order chi connectivity index (χ0) is 20.3. The summed E-state index contributed by atoms with van der Waals surface area (Å²) in [6.07, 6.45) is 11.3. The largest absolute Gasteiger partial charge is 0.484 e. The zero-order valence-electron chi connectivity index (χ0n) is 18.1. The topological polar surface area (TPSA) is 74.8 Å². The van der Waals surface area contributed by atoms with E-state index in [2.05, 4.69) is 20.9 Å². The summed E-state index contributed by atoms with van der Waals surface area (Å²) in [6, 6.07) is 8.33. The van der Waals surface area contributed by atoms with Gasteiger partial charge >= 0.3 is 0 Å². The van der Waals surface area contributed by atoms with E-state index in [1.807, 2.05) is 31.3 Å². The molecular formula is C23H37IN4O2. The molecule has 2 aliphatic rings. The monoisotopic (exact) mass is 528 g/mol. The lowest BCUT2D eigenvalue weighted by molar-refractivity contribution is -0.123. The van der Waals surface area contributed by atoms with Crippen LogP contribution in [0.5, 0.6) is 5.75 Å². The lowest BCUT2D eigenvalue weighted by Gasteiger charge is -2.13. The molecule has 0 radical (unpaired) electrons. The highest BCUT2D eigenvalue weighted by molar-refractivity contribution is 14.0. The average molecular weight is 528 g/mol. The highest BCUT2D eigenvalue weighted by Crippen LogP contribution is 2.28. The Morgan fingerprint density at radius 2 is 1.77 bits per heavy atom. The van der Waals surface area contributed by atoms with Gasteiger partial charge in [0.15, 0.2) is 12.6 Å². The van der Waals surface area contributed by atoms with Gasteiger partial charge in [0, 0.05) is 26.2 Å². The zero-order valence-corrected chi connectivity index (χ0v) is 20.5. The van der Waals surface area contributed by atoms with Crippen LogP contribution in [0.15, 0.2) is 29.3 Å². The second-order valence-electron chi connectivity index (χ2n) is 8.24. The fourth-order valence-corrected chi connectivity index (χ4v) is 3.84. The molecule has 3 rings (SSSR count). The molecule has 0 unspecified atom stereocenters. The number of carbonyl (C=O) groups excluding carboxylic acids is 1. The quantitative estimate of drug-likeness (QED) is 0.178. The van der Waals surface area contributed by atoms with E-state index >= 15 is 0 Å². The van der Waals surface area contributed by atoms with Crippen LogP contribution in [0.2, 0.25) is 0 Å². The van der Waals surface area contributed by atoms with Crippen molar-refractivity contribution in [2.45, 2.75) is 63.8 Å². The fraction of sp³-hybridized carbons (Fsp3) is 0.652. The highest BCUT2D eigenvalue weighted by atomic mass is 127. The summed E-state index contributed by atoms with van der Waals surface area (Å²) >= 11 is 0. The normalized spacial score (nSPS) is 16.6. The van der Waals surface area contributed by atoms with Gasteiger partial charge in [-0.05, 0) is 55.7 Å². The molecule has 7 heteroatoms. The number of nitrogens with one attached hydrogen (secondary N) is 3. The third kappa shape index (κ3) is 9.53. The molecule has 1 aromatic rings. The van der Waals surface area contributed by atoms with Crippen LogP contribution < -0.4 is 20.7 Å². The van der Waals surface area contributed by atoms with Gasteiger partial charge in [0.05, 0.1) is 0 Å². The molecule has 2 aliphatic carbocycles. The number of rotatable bonds is 11. The first kappa shape index (κ1) is 24.8. The Labute approximate surface area is 198 Å². The predicted octanol–water partition coefficient (Wildman–Crippen LogP) is 3.64. The number of aliphatic imine (C=N–C) groups is 1. The van der Waals surface area contributed by atoms with Crippen LogP contribution in [0, 0.1) is 5.92 Å². The molecule has 1 aromatic carbocycles. The Hall–Kier alpha value is -1.51. The first-order chi connectivity index (χ1) is 14.2. The molecule has 0 heterocycles. The molecule has 0 atom stereocenters. The summed E-state index contributed by atoms with van der Waals surface area (Å²) in [5.74, 6) is 2.51. The number of hydrogen-bond acceptors (Lipinski definition) is 3. The fourth-order valence-electron chi connectivity index (χ4n) is 3.84.